The van der Waals surface area contributed by atoms with Crippen LogP contribution in [0.3, 0.4) is 0 Å². The first kappa shape index (κ1) is 24.1. The van der Waals surface area contributed by atoms with Crippen molar-refractivity contribution in [2.45, 2.75) is 25.0 Å². The minimum absolute atomic E-state index is 0.0772. The van der Waals surface area contributed by atoms with Crippen LogP contribution in [0.1, 0.15) is 12.0 Å². The monoisotopic (exact) mass is 493 g/mol. The van der Waals surface area contributed by atoms with E-state index in [0.717, 1.165) is 38.7 Å². The lowest BCUT2D eigenvalue weighted by Gasteiger charge is -2.12. The van der Waals surface area contributed by atoms with Gasteiger partial charge < -0.3 is 0 Å². The van der Waals surface area contributed by atoms with Crippen molar-refractivity contribution in [3.05, 3.63) is 72.8 Å². The Balaban J connectivity index is 1.73. The maximum absolute atomic E-state index is 11.7. The molecule has 4 aromatic rings. The van der Waals surface area contributed by atoms with Crippen molar-refractivity contribution in [3.63, 3.8) is 0 Å². The standard InChI is InChI=1S/C25H27N5O2S2/c1-4-14-30-24(28-29-25(30)33-15-7-16-34(31,32)26-3)21-17-23(19-12-10-18(2)11-13-19)27-22-9-6-5-8-20(21)22/h4-6,8-13,17,26H,1,7,14-16H2,2-3H3. The molecule has 176 valence electrons. The van der Waals surface area contributed by atoms with Crippen molar-refractivity contribution in [1.82, 2.24) is 24.5 Å². The molecule has 0 aliphatic heterocycles. The summed E-state index contributed by atoms with van der Waals surface area (Å²) in [6.07, 6.45) is 2.33. The lowest BCUT2D eigenvalue weighted by Crippen LogP contribution is -2.22. The van der Waals surface area contributed by atoms with Gasteiger partial charge in [-0.05, 0) is 32.5 Å². The Labute approximate surface area is 204 Å². The van der Waals surface area contributed by atoms with Gasteiger partial charge in [0.2, 0.25) is 10.0 Å². The third-order valence-electron chi connectivity index (χ3n) is 5.43. The van der Waals surface area contributed by atoms with Crippen LogP contribution in [-0.4, -0.2) is 46.7 Å². The lowest BCUT2D eigenvalue weighted by atomic mass is 10.0. The molecule has 2 aromatic heterocycles. The average Bonchev–Trinajstić information content (AvgIpc) is 3.24. The summed E-state index contributed by atoms with van der Waals surface area (Å²) >= 11 is 1.49. The minimum atomic E-state index is -3.22. The summed E-state index contributed by atoms with van der Waals surface area (Å²) in [7, 11) is -1.79. The normalized spacial score (nSPS) is 11.7. The van der Waals surface area contributed by atoms with Crippen molar-refractivity contribution < 1.29 is 8.42 Å². The summed E-state index contributed by atoms with van der Waals surface area (Å²) in [5.41, 5.74) is 4.93. The molecule has 0 saturated carbocycles. The fourth-order valence-electron chi connectivity index (χ4n) is 3.64. The van der Waals surface area contributed by atoms with Gasteiger partial charge in [-0.25, -0.2) is 18.1 Å². The zero-order chi connectivity index (χ0) is 24.1. The van der Waals surface area contributed by atoms with Gasteiger partial charge in [-0.15, -0.1) is 16.8 Å². The fourth-order valence-corrected chi connectivity index (χ4v) is 5.43. The first-order valence-electron chi connectivity index (χ1n) is 11.0. The summed E-state index contributed by atoms with van der Waals surface area (Å²) in [6, 6.07) is 18.4. The Morgan fingerprint density at radius 2 is 1.88 bits per heavy atom. The quantitative estimate of drug-likeness (QED) is 0.196. The molecule has 0 spiro atoms. The minimum Gasteiger partial charge on any atom is -0.298 e. The number of aryl methyl sites for hydroxylation is 1. The number of pyridine rings is 1. The number of sulfonamides is 1. The molecule has 0 atom stereocenters. The summed E-state index contributed by atoms with van der Waals surface area (Å²) in [6.45, 7) is 6.50. The van der Waals surface area contributed by atoms with Crippen LogP contribution in [0, 0.1) is 6.92 Å². The summed E-state index contributed by atoms with van der Waals surface area (Å²) in [4.78, 5) is 4.89. The second-order valence-corrected chi connectivity index (χ2v) is 11.0. The number of para-hydroxylation sites is 1. The number of aromatic nitrogens is 4. The van der Waals surface area contributed by atoms with E-state index in [1.807, 2.05) is 34.9 Å². The second kappa shape index (κ2) is 10.5. The predicted molar refractivity (Wildman–Crippen MR) is 139 cm³/mol. The van der Waals surface area contributed by atoms with Crippen LogP contribution in [0.5, 0.6) is 0 Å². The molecule has 7 nitrogen and oxygen atoms in total. The molecule has 34 heavy (non-hydrogen) atoms. The third kappa shape index (κ3) is 5.38. The Morgan fingerprint density at radius 1 is 1.12 bits per heavy atom. The van der Waals surface area contributed by atoms with Crippen molar-refractivity contribution in [1.29, 1.82) is 0 Å². The van der Waals surface area contributed by atoms with Gasteiger partial charge in [-0.3, -0.25) is 4.57 Å². The van der Waals surface area contributed by atoms with Gasteiger partial charge in [0.15, 0.2) is 11.0 Å². The van der Waals surface area contributed by atoms with E-state index < -0.39 is 10.0 Å². The van der Waals surface area contributed by atoms with Crippen molar-refractivity contribution in [3.8, 4) is 22.6 Å². The van der Waals surface area contributed by atoms with E-state index in [2.05, 4.69) is 58.8 Å². The van der Waals surface area contributed by atoms with Gasteiger partial charge in [-0.1, -0.05) is 65.9 Å². The van der Waals surface area contributed by atoms with E-state index >= 15 is 0 Å². The number of hydrogen-bond donors (Lipinski definition) is 1. The molecule has 0 fully saturated rings. The van der Waals surface area contributed by atoms with Gasteiger partial charge in [0, 0.05) is 28.8 Å². The first-order chi connectivity index (χ1) is 16.4. The SMILES string of the molecule is C=CCn1c(SCCCS(=O)(=O)NC)nnc1-c1cc(-c2ccc(C)cc2)nc2ccccc12. The molecule has 2 aromatic carbocycles. The molecule has 9 heteroatoms. The van der Waals surface area contributed by atoms with Crippen LogP contribution in [0.2, 0.25) is 0 Å². The molecule has 0 bridgehead atoms. The Bertz CT molecular complexity index is 1410. The number of nitrogens with zero attached hydrogens (tertiary/aromatic N) is 4. The van der Waals surface area contributed by atoms with Gasteiger partial charge in [0.1, 0.15) is 0 Å². The number of fused-ring (bicyclic) bond motifs is 1. The number of hydrogen-bond acceptors (Lipinski definition) is 6. The van der Waals surface area contributed by atoms with Crippen LogP contribution < -0.4 is 4.72 Å². The summed E-state index contributed by atoms with van der Waals surface area (Å²) in [5, 5.41) is 10.7. The molecular weight excluding hydrogens is 466 g/mol. The van der Waals surface area contributed by atoms with Crippen LogP contribution in [0.15, 0.2) is 72.4 Å². The lowest BCUT2D eigenvalue weighted by molar-refractivity contribution is 0.587. The van der Waals surface area contributed by atoms with Crippen molar-refractivity contribution >= 4 is 32.7 Å². The molecule has 0 aliphatic carbocycles. The number of nitrogens with one attached hydrogen (secondary N) is 1. The van der Waals surface area contributed by atoms with E-state index in [1.54, 1.807) is 0 Å². The molecule has 2 heterocycles. The molecule has 1 N–H and O–H groups in total. The van der Waals surface area contributed by atoms with Crippen molar-refractivity contribution in [2.24, 2.45) is 0 Å². The highest BCUT2D eigenvalue weighted by Gasteiger charge is 2.18. The largest absolute Gasteiger partial charge is 0.298 e. The van der Waals surface area contributed by atoms with E-state index in [-0.39, 0.29) is 5.75 Å². The smallest absolute Gasteiger partial charge is 0.211 e. The van der Waals surface area contributed by atoms with E-state index in [0.29, 0.717) is 18.7 Å². The number of allylic oxidation sites excluding steroid dienone is 1. The maximum atomic E-state index is 11.7. The van der Waals surface area contributed by atoms with E-state index in [1.165, 1.54) is 24.4 Å². The fraction of sp³-hybridized carbons (Fsp3) is 0.240. The third-order valence-corrected chi connectivity index (χ3v) is 7.93. The first-order valence-corrected chi connectivity index (χ1v) is 13.6. The molecular formula is C25H27N5O2S2. The zero-order valence-corrected chi connectivity index (χ0v) is 20.9. The number of benzene rings is 2. The van der Waals surface area contributed by atoms with Crippen LogP contribution in [0.25, 0.3) is 33.5 Å². The molecule has 0 aliphatic rings. The number of rotatable bonds is 10. The molecule has 0 amide bonds. The summed E-state index contributed by atoms with van der Waals surface area (Å²) in [5.74, 6) is 1.42. The van der Waals surface area contributed by atoms with Crippen LogP contribution in [-0.2, 0) is 16.6 Å². The Kier molecular flexibility index (Phi) is 7.45. The molecule has 0 saturated heterocycles. The molecule has 0 radical (unpaired) electrons. The number of thioether (sulfide) groups is 1. The molecule has 0 unspecified atom stereocenters. The highest BCUT2D eigenvalue weighted by Crippen LogP contribution is 2.33. The van der Waals surface area contributed by atoms with Crippen LogP contribution in [0.4, 0.5) is 0 Å². The zero-order valence-electron chi connectivity index (χ0n) is 19.2. The Hall–Kier alpha value is -3.01. The second-order valence-electron chi connectivity index (χ2n) is 7.87. The van der Waals surface area contributed by atoms with Gasteiger partial charge in [0.05, 0.1) is 17.0 Å². The molecule has 4 rings (SSSR count). The topological polar surface area (TPSA) is 89.8 Å². The summed E-state index contributed by atoms with van der Waals surface area (Å²) < 4.78 is 27.7. The van der Waals surface area contributed by atoms with Gasteiger partial charge in [-0.2, -0.15) is 0 Å². The Morgan fingerprint density at radius 3 is 2.62 bits per heavy atom. The van der Waals surface area contributed by atoms with E-state index in [9.17, 15) is 8.42 Å². The highest BCUT2D eigenvalue weighted by atomic mass is 32.2. The maximum Gasteiger partial charge on any atom is 0.211 e. The van der Waals surface area contributed by atoms with Crippen LogP contribution >= 0.6 is 11.8 Å². The average molecular weight is 494 g/mol. The highest BCUT2D eigenvalue weighted by molar-refractivity contribution is 7.99. The van der Waals surface area contributed by atoms with Gasteiger partial charge >= 0.3 is 0 Å². The van der Waals surface area contributed by atoms with Crippen molar-refractivity contribution in [2.75, 3.05) is 18.6 Å². The van der Waals surface area contributed by atoms with Gasteiger partial charge in [0.25, 0.3) is 0 Å². The van der Waals surface area contributed by atoms with E-state index in [4.69, 9.17) is 4.98 Å². The predicted octanol–water partition coefficient (Wildman–Crippen LogP) is 4.69.